The van der Waals surface area contributed by atoms with Crippen LogP contribution in [0.15, 0.2) is 60.7 Å². The molecule has 0 atom stereocenters. The van der Waals surface area contributed by atoms with E-state index in [0.29, 0.717) is 6.54 Å². The molecule has 0 saturated heterocycles. The lowest BCUT2D eigenvalue weighted by Crippen LogP contribution is -2.24. The summed E-state index contributed by atoms with van der Waals surface area (Å²) in [4.78, 5) is 15.5. The average molecular weight is 280 g/mol. The molecule has 0 spiro atoms. The third-order valence-corrected chi connectivity index (χ3v) is 3.27. The summed E-state index contributed by atoms with van der Waals surface area (Å²) in [6.45, 7) is 0.373. The fourth-order valence-corrected chi connectivity index (χ4v) is 2.25. The number of nitrogens with zero attached hydrogens (tertiary/aromatic N) is 1. The molecular formula is C17H13FN2O. The molecule has 3 nitrogen and oxygen atoms in total. The first-order valence-electron chi connectivity index (χ1n) is 6.61. The quantitative estimate of drug-likeness (QED) is 0.748. The van der Waals surface area contributed by atoms with Crippen LogP contribution in [0, 0.1) is 5.95 Å². The van der Waals surface area contributed by atoms with E-state index in [1.54, 1.807) is 0 Å². The van der Waals surface area contributed by atoms with Crippen molar-refractivity contribution in [3.8, 4) is 0 Å². The summed E-state index contributed by atoms with van der Waals surface area (Å²) in [5.74, 6) is -1.05. The number of hydrogen-bond acceptors (Lipinski definition) is 2. The van der Waals surface area contributed by atoms with Crippen molar-refractivity contribution in [2.75, 3.05) is 0 Å². The van der Waals surface area contributed by atoms with Crippen molar-refractivity contribution in [2.45, 2.75) is 6.54 Å². The fourth-order valence-electron chi connectivity index (χ4n) is 2.25. The summed E-state index contributed by atoms with van der Waals surface area (Å²) < 4.78 is 13.0. The molecule has 1 heterocycles. The van der Waals surface area contributed by atoms with Gasteiger partial charge in [-0.15, -0.1) is 0 Å². The first kappa shape index (κ1) is 13.2. The van der Waals surface area contributed by atoms with Gasteiger partial charge in [0.1, 0.15) is 5.69 Å². The summed E-state index contributed by atoms with van der Waals surface area (Å²) in [6.07, 6.45) is 0. The van der Waals surface area contributed by atoms with Gasteiger partial charge in [-0.1, -0.05) is 48.5 Å². The molecule has 0 radical (unpaired) electrons. The fraction of sp³-hybridized carbons (Fsp3) is 0.0588. The number of benzene rings is 2. The number of carbonyl (C=O) groups excluding carboxylic acids is 1. The maximum absolute atomic E-state index is 13.0. The van der Waals surface area contributed by atoms with E-state index in [0.717, 1.165) is 16.3 Å². The van der Waals surface area contributed by atoms with Gasteiger partial charge in [0.15, 0.2) is 0 Å². The monoisotopic (exact) mass is 280 g/mol. The Kier molecular flexibility index (Phi) is 3.60. The lowest BCUT2D eigenvalue weighted by atomic mass is 10.0. The van der Waals surface area contributed by atoms with E-state index in [4.69, 9.17) is 0 Å². The largest absolute Gasteiger partial charge is 0.347 e. The van der Waals surface area contributed by atoms with Crippen LogP contribution in [0.25, 0.3) is 10.8 Å². The molecule has 1 amide bonds. The molecule has 0 aliphatic rings. The number of rotatable bonds is 3. The Balaban J connectivity index is 1.79. The van der Waals surface area contributed by atoms with Gasteiger partial charge in [-0.2, -0.15) is 4.39 Å². The number of carbonyl (C=O) groups is 1. The summed E-state index contributed by atoms with van der Waals surface area (Å²) >= 11 is 0. The molecule has 3 rings (SSSR count). The van der Waals surface area contributed by atoms with Crippen LogP contribution in [0.5, 0.6) is 0 Å². The van der Waals surface area contributed by atoms with Crippen LogP contribution in [0.3, 0.4) is 0 Å². The topological polar surface area (TPSA) is 42.0 Å². The molecule has 104 valence electrons. The van der Waals surface area contributed by atoms with Gasteiger partial charge in [0, 0.05) is 6.54 Å². The lowest BCUT2D eigenvalue weighted by molar-refractivity contribution is 0.0945. The first-order chi connectivity index (χ1) is 10.2. The van der Waals surface area contributed by atoms with Crippen molar-refractivity contribution in [2.24, 2.45) is 0 Å². The Labute approximate surface area is 121 Å². The van der Waals surface area contributed by atoms with E-state index in [9.17, 15) is 9.18 Å². The Morgan fingerprint density at radius 3 is 2.62 bits per heavy atom. The van der Waals surface area contributed by atoms with Crippen molar-refractivity contribution in [1.29, 1.82) is 0 Å². The smallest absolute Gasteiger partial charge is 0.270 e. The van der Waals surface area contributed by atoms with Crippen LogP contribution in [-0.2, 0) is 6.54 Å². The molecule has 0 saturated carbocycles. The average Bonchev–Trinajstić information content (AvgIpc) is 2.52. The number of amides is 1. The third-order valence-electron chi connectivity index (χ3n) is 3.27. The lowest BCUT2D eigenvalue weighted by Gasteiger charge is -2.08. The highest BCUT2D eigenvalue weighted by molar-refractivity contribution is 5.92. The van der Waals surface area contributed by atoms with Crippen LogP contribution in [0.1, 0.15) is 16.1 Å². The van der Waals surface area contributed by atoms with Crippen molar-refractivity contribution in [1.82, 2.24) is 10.3 Å². The summed E-state index contributed by atoms with van der Waals surface area (Å²) in [6, 6.07) is 18.1. The van der Waals surface area contributed by atoms with Crippen LogP contribution in [0.2, 0.25) is 0 Å². The van der Waals surface area contributed by atoms with E-state index in [1.165, 1.54) is 18.2 Å². The standard InChI is InChI=1S/C17H13FN2O/c18-16-10-4-9-15(20-16)17(21)19-11-13-7-3-6-12-5-1-2-8-14(12)13/h1-10H,11H2,(H,19,21). The van der Waals surface area contributed by atoms with Gasteiger partial charge in [0.25, 0.3) is 5.91 Å². The highest BCUT2D eigenvalue weighted by atomic mass is 19.1. The van der Waals surface area contributed by atoms with Gasteiger partial charge in [-0.25, -0.2) is 4.98 Å². The number of pyridine rings is 1. The maximum Gasteiger partial charge on any atom is 0.270 e. The zero-order valence-corrected chi connectivity index (χ0v) is 11.2. The zero-order chi connectivity index (χ0) is 14.7. The second kappa shape index (κ2) is 5.71. The molecule has 1 aromatic heterocycles. The van der Waals surface area contributed by atoms with Gasteiger partial charge < -0.3 is 5.32 Å². The molecule has 0 unspecified atom stereocenters. The van der Waals surface area contributed by atoms with Crippen molar-refractivity contribution >= 4 is 16.7 Å². The minimum absolute atomic E-state index is 0.0789. The van der Waals surface area contributed by atoms with Crippen LogP contribution in [0.4, 0.5) is 4.39 Å². The molecule has 0 aliphatic heterocycles. The molecule has 2 aromatic carbocycles. The summed E-state index contributed by atoms with van der Waals surface area (Å²) in [7, 11) is 0. The van der Waals surface area contributed by atoms with E-state index >= 15 is 0 Å². The highest BCUT2D eigenvalue weighted by Crippen LogP contribution is 2.18. The second-order valence-corrected chi connectivity index (χ2v) is 4.67. The van der Waals surface area contributed by atoms with Crippen molar-refractivity contribution < 1.29 is 9.18 Å². The molecule has 1 N–H and O–H groups in total. The number of halogens is 1. The molecule has 21 heavy (non-hydrogen) atoms. The van der Waals surface area contributed by atoms with Crippen molar-refractivity contribution in [3.05, 3.63) is 77.9 Å². The van der Waals surface area contributed by atoms with Gasteiger partial charge in [-0.05, 0) is 28.5 Å². The Morgan fingerprint density at radius 1 is 1.00 bits per heavy atom. The van der Waals surface area contributed by atoms with Crippen molar-refractivity contribution in [3.63, 3.8) is 0 Å². The van der Waals surface area contributed by atoms with E-state index in [-0.39, 0.29) is 11.6 Å². The van der Waals surface area contributed by atoms with Gasteiger partial charge in [0.05, 0.1) is 0 Å². The maximum atomic E-state index is 13.0. The van der Waals surface area contributed by atoms with E-state index in [1.807, 2.05) is 42.5 Å². The van der Waals surface area contributed by atoms with Crippen LogP contribution < -0.4 is 5.32 Å². The molecule has 4 heteroatoms. The van der Waals surface area contributed by atoms with Gasteiger partial charge in [0.2, 0.25) is 5.95 Å². The Hall–Kier alpha value is -2.75. The number of aromatic nitrogens is 1. The minimum Gasteiger partial charge on any atom is -0.347 e. The normalized spacial score (nSPS) is 10.5. The van der Waals surface area contributed by atoms with E-state index in [2.05, 4.69) is 10.3 Å². The number of nitrogens with one attached hydrogen (secondary N) is 1. The second-order valence-electron chi connectivity index (χ2n) is 4.67. The highest BCUT2D eigenvalue weighted by Gasteiger charge is 2.08. The van der Waals surface area contributed by atoms with Gasteiger partial charge >= 0.3 is 0 Å². The number of hydrogen-bond donors (Lipinski definition) is 1. The van der Waals surface area contributed by atoms with Gasteiger partial charge in [-0.3, -0.25) is 4.79 Å². The zero-order valence-electron chi connectivity index (χ0n) is 11.2. The Morgan fingerprint density at radius 2 is 1.76 bits per heavy atom. The number of fused-ring (bicyclic) bond motifs is 1. The summed E-state index contributed by atoms with van der Waals surface area (Å²) in [5, 5.41) is 4.98. The molecule has 0 fully saturated rings. The molecule has 0 bridgehead atoms. The predicted octanol–water partition coefficient (Wildman–Crippen LogP) is 3.30. The summed E-state index contributed by atoms with van der Waals surface area (Å²) in [5.41, 5.74) is 1.09. The molecular weight excluding hydrogens is 267 g/mol. The minimum atomic E-state index is -0.659. The van der Waals surface area contributed by atoms with Crippen LogP contribution in [-0.4, -0.2) is 10.9 Å². The SMILES string of the molecule is O=C(NCc1cccc2ccccc12)c1cccc(F)n1. The molecule has 3 aromatic rings. The van der Waals surface area contributed by atoms with Crippen LogP contribution >= 0.6 is 0 Å². The third kappa shape index (κ3) is 2.89. The predicted molar refractivity (Wildman–Crippen MR) is 79.3 cm³/mol. The van der Waals surface area contributed by atoms with E-state index < -0.39 is 5.95 Å². The first-order valence-corrected chi connectivity index (χ1v) is 6.61. The Bertz CT molecular complexity index is 796. The molecule has 0 aliphatic carbocycles.